The molecule has 0 aliphatic rings. The van der Waals surface area contributed by atoms with Gasteiger partial charge in [0.2, 0.25) is 0 Å². The van der Waals surface area contributed by atoms with Crippen LogP contribution in [0.15, 0.2) is 45.3 Å². The van der Waals surface area contributed by atoms with Crippen LogP contribution in [-0.4, -0.2) is 21.5 Å². The molecule has 0 spiro atoms. The van der Waals surface area contributed by atoms with Crippen LogP contribution in [0.25, 0.3) is 23.0 Å². The molecule has 0 radical (unpaired) electrons. The highest BCUT2D eigenvalue weighted by Gasteiger charge is 2.19. The number of nitrogens with zero attached hydrogens (tertiary/aromatic N) is 4. The van der Waals surface area contributed by atoms with Gasteiger partial charge in [0, 0.05) is 16.1 Å². The van der Waals surface area contributed by atoms with Gasteiger partial charge in [-0.15, -0.1) is 0 Å². The number of anilines is 1. The van der Waals surface area contributed by atoms with E-state index in [1.807, 2.05) is 36.4 Å². The summed E-state index contributed by atoms with van der Waals surface area (Å²) in [6.45, 7) is -0.0514. The van der Waals surface area contributed by atoms with Crippen LogP contribution < -0.4 is 5.73 Å². The molecule has 0 aliphatic heterocycles. The topological polar surface area (TPSA) is 125 Å². The van der Waals surface area contributed by atoms with Crippen LogP contribution in [0.2, 0.25) is 0 Å². The highest BCUT2D eigenvalue weighted by atomic mass is 79.9. The fraction of sp³-hybridized carbons (Fsp3) is 0.105. The third-order valence-electron chi connectivity index (χ3n) is 3.83. The molecule has 0 fully saturated rings. The maximum absolute atomic E-state index is 9.53. The Kier molecular flexibility index (Phi) is 5.41. The van der Waals surface area contributed by atoms with Crippen molar-refractivity contribution in [1.82, 2.24) is 9.78 Å². The van der Waals surface area contributed by atoms with Gasteiger partial charge in [0.15, 0.2) is 0 Å². The van der Waals surface area contributed by atoms with Gasteiger partial charge < -0.3 is 15.3 Å². The van der Waals surface area contributed by atoms with Crippen molar-refractivity contribution >= 4 is 33.4 Å². The third-order valence-corrected chi connectivity index (χ3v) is 4.36. The van der Waals surface area contributed by atoms with E-state index in [-0.39, 0.29) is 35.8 Å². The Morgan fingerprint density at radius 3 is 2.63 bits per heavy atom. The minimum atomic E-state index is -0.184. The molecule has 0 aliphatic carbocycles. The van der Waals surface area contributed by atoms with Crippen molar-refractivity contribution in [2.75, 3.05) is 12.3 Å². The van der Waals surface area contributed by atoms with Crippen LogP contribution >= 0.6 is 15.9 Å². The van der Waals surface area contributed by atoms with Crippen LogP contribution in [-0.2, 0) is 6.54 Å². The molecule has 2 heterocycles. The summed E-state index contributed by atoms with van der Waals surface area (Å²) in [6.07, 6.45) is 1.51. The lowest BCUT2D eigenvalue weighted by atomic mass is 10.1. The van der Waals surface area contributed by atoms with Gasteiger partial charge in [0.25, 0.3) is 0 Å². The summed E-state index contributed by atoms with van der Waals surface area (Å²) in [5.74, 6) is 1.21. The number of aliphatic hydroxyl groups excluding tert-OH is 1. The normalized spacial score (nSPS) is 11.2. The summed E-state index contributed by atoms with van der Waals surface area (Å²) in [7, 11) is 0. The minimum Gasteiger partial charge on any atom is -0.457 e. The summed E-state index contributed by atoms with van der Waals surface area (Å²) in [5.41, 5.74) is 7.17. The quantitative estimate of drug-likeness (QED) is 0.605. The van der Waals surface area contributed by atoms with Crippen LogP contribution in [0, 0.1) is 22.7 Å². The second kappa shape index (κ2) is 7.92. The molecule has 27 heavy (non-hydrogen) atoms. The first kappa shape index (κ1) is 18.5. The number of hydrogen-bond acceptors (Lipinski definition) is 6. The fourth-order valence-corrected chi connectivity index (χ4v) is 2.80. The summed E-state index contributed by atoms with van der Waals surface area (Å²) < 4.78 is 8.05. The Morgan fingerprint density at radius 1 is 1.26 bits per heavy atom. The van der Waals surface area contributed by atoms with Crippen LogP contribution in [0.5, 0.6) is 0 Å². The first-order chi connectivity index (χ1) is 13.1. The molecule has 3 aromatic rings. The summed E-state index contributed by atoms with van der Waals surface area (Å²) >= 11 is 3.39. The molecule has 0 unspecified atom stereocenters. The zero-order valence-electron chi connectivity index (χ0n) is 14.1. The molecule has 3 rings (SSSR count). The van der Waals surface area contributed by atoms with Gasteiger partial charge in [-0.05, 0) is 24.3 Å². The maximum atomic E-state index is 9.53. The number of nitriles is 2. The van der Waals surface area contributed by atoms with E-state index in [1.54, 1.807) is 12.1 Å². The first-order valence-corrected chi connectivity index (χ1v) is 8.72. The lowest BCUT2D eigenvalue weighted by molar-refractivity contribution is 0.270. The Bertz CT molecular complexity index is 1080. The average molecular weight is 424 g/mol. The summed E-state index contributed by atoms with van der Waals surface area (Å²) in [5, 5.41) is 32.2. The number of nitrogen functional groups attached to an aromatic ring is 1. The van der Waals surface area contributed by atoms with Crippen molar-refractivity contribution in [3.8, 4) is 23.5 Å². The number of aromatic nitrogens is 2. The van der Waals surface area contributed by atoms with E-state index in [4.69, 9.17) is 15.3 Å². The molecule has 1 aromatic carbocycles. The number of furan rings is 1. The van der Waals surface area contributed by atoms with Gasteiger partial charge >= 0.3 is 0 Å². The highest BCUT2D eigenvalue weighted by molar-refractivity contribution is 9.10. The van der Waals surface area contributed by atoms with Gasteiger partial charge in [-0.25, -0.2) is 4.68 Å². The van der Waals surface area contributed by atoms with E-state index in [0.717, 1.165) is 10.0 Å². The van der Waals surface area contributed by atoms with Gasteiger partial charge in [-0.2, -0.15) is 15.6 Å². The van der Waals surface area contributed by atoms with E-state index in [0.29, 0.717) is 11.5 Å². The van der Waals surface area contributed by atoms with E-state index in [9.17, 15) is 10.5 Å². The van der Waals surface area contributed by atoms with Crippen molar-refractivity contribution in [3.05, 3.63) is 57.9 Å². The van der Waals surface area contributed by atoms with Gasteiger partial charge in [-0.3, -0.25) is 0 Å². The molecule has 0 amide bonds. The Morgan fingerprint density at radius 2 is 2.00 bits per heavy atom. The van der Waals surface area contributed by atoms with E-state index >= 15 is 0 Å². The van der Waals surface area contributed by atoms with Crippen molar-refractivity contribution in [2.24, 2.45) is 0 Å². The summed E-state index contributed by atoms with van der Waals surface area (Å²) in [6, 6.07) is 15.2. The lowest BCUT2D eigenvalue weighted by Gasteiger charge is -1.98. The smallest absolute Gasteiger partial charge is 0.140 e. The maximum Gasteiger partial charge on any atom is 0.140 e. The third kappa shape index (κ3) is 3.77. The van der Waals surface area contributed by atoms with Crippen molar-refractivity contribution < 1.29 is 9.52 Å². The number of benzene rings is 1. The number of halogens is 1. The zero-order valence-corrected chi connectivity index (χ0v) is 15.6. The van der Waals surface area contributed by atoms with Crippen LogP contribution in [0.3, 0.4) is 0 Å². The number of allylic oxidation sites excluding steroid dienone is 1. The van der Waals surface area contributed by atoms with E-state index in [1.165, 1.54) is 10.8 Å². The number of hydrogen-bond donors (Lipinski definition) is 2. The van der Waals surface area contributed by atoms with Gasteiger partial charge in [0.1, 0.15) is 40.7 Å². The molecule has 0 saturated carbocycles. The predicted molar refractivity (Wildman–Crippen MR) is 104 cm³/mol. The van der Waals surface area contributed by atoms with E-state index < -0.39 is 0 Å². The van der Waals surface area contributed by atoms with Crippen molar-refractivity contribution in [3.63, 3.8) is 0 Å². The minimum absolute atomic E-state index is 0.0935. The monoisotopic (exact) mass is 423 g/mol. The molecule has 0 bridgehead atoms. The molecule has 7 nitrogen and oxygen atoms in total. The predicted octanol–water partition coefficient (Wildman–Crippen LogP) is 3.42. The zero-order chi connectivity index (χ0) is 19.4. The molecule has 134 valence electrons. The average Bonchev–Trinajstić information content (AvgIpc) is 3.25. The Balaban J connectivity index is 1.99. The first-order valence-electron chi connectivity index (χ1n) is 7.92. The second-order valence-electron chi connectivity index (χ2n) is 5.55. The van der Waals surface area contributed by atoms with Crippen LogP contribution in [0.4, 0.5) is 5.82 Å². The van der Waals surface area contributed by atoms with Crippen molar-refractivity contribution in [2.45, 2.75) is 6.54 Å². The Hall–Kier alpha value is -3.33. The molecular weight excluding hydrogens is 410 g/mol. The number of aliphatic hydroxyl groups is 1. The fourth-order valence-electron chi connectivity index (χ4n) is 2.53. The van der Waals surface area contributed by atoms with Crippen molar-refractivity contribution in [1.29, 1.82) is 10.5 Å². The van der Waals surface area contributed by atoms with E-state index in [2.05, 4.69) is 21.0 Å². The Labute approximate surface area is 163 Å². The lowest BCUT2D eigenvalue weighted by Crippen LogP contribution is -2.07. The molecule has 8 heteroatoms. The van der Waals surface area contributed by atoms with Crippen LogP contribution in [0.1, 0.15) is 17.0 Å². The summed E-state index contributed by atoms with van der Waals surface area (Å²) in [4.78, 5) is 0. The molecule has 2 aromatic heterocycles. The molecular formula is C19H14BrN5O2. The van der Waals surface area contributed by atoms with Gasteiger partial charge in [-0.1, -0.05) is 28.1 Å². The molecule has 3 N–H and O–H groups in total. The number of nitrogens with two attached hydrogens (primary N) is 1. The SMILES string of the molecule is N#C/C(=C\c1ccc(-c2ccc(Br)cc2)o1)c1nn(CCO)c(N)c1C#N. The number of rotatable bonds is 5. The standard InChI is InChI=1S/C19H14BrN5O2/c20-14-3-1-12(2-4-14)17-6-5-15(27-17)9-13(10-21)18-16(11-22)19(23)25(24-18)7-8-26/h1-6,9,26H,7-8,23H2/b13-9+. The second-order valence-corrected chi connectivity index (χ2v) is 6.46. The molecule has 0 saturated heterocycles. The highest BCUT2D eigenvalue weighted by Crippen LogP contribution is 2.28. The van der Waals surface area contributed by atoms with Gasteiger partial charge in [0.05, 0.1) is 18.7 Å². The molecule has 0 atom stereocenters. The largest absolute Gasteiger partial charge is 0.457 e.